The second kappa shape index (κ2) is 7.11. The molecule has 0 aliphatic heterocycles. The third kappa shape index (κ3) is 3.91. The minimum atomic E-state index is -0.160. The summed E-state index contributed by atoms with van der Waals surface area (Å²) in [5, 5.41) is 0. The van der Waals surface area contributed by atoms with Crippen LogP contribution in [0.15, 0.2) is 53.3 Å². The van der Waals surface area contributed by atoms with Crippen molar-refractivity contribution in [2.45, 2.75) is 6.92 Å². The number of ketones is 1. The minimum absolute atomic E-state index is 0.160. The van der Waals surface area contributed by atoms with Crippen molar-refractivity contribution in [2.75, 3.05) is 14.1 Å². The molecule has 0 aliphatic rings. The van der Waals surface area contributed by atoms with Gasteiger partial charge in [0, 0.05) is 36.7 Å². The van der Waals surface area contributed by atoms with E-state index in [9.17, 15) is 4.79 Å². The highest BCUT2D eigenvalue weighted by Crippen LogP contribution is 2.22. The molecule has 5 nitrogen and oxygen atoms in total. The van der Waals surface area contributed by atoms with Crippen molar-refractivity contribution in [2.24, 2.45) is 0 Å². The summed E-state index contributed by atoms with van der Waals surface area (Å²) in [4.78, 5) is 28.1. The van der Waals surface area contributed by atoms with E-state index < -0.39 is 0 Å². The van der Waals surface area contributed by atoms with Crippen LogP contribution in [0.4, 0.5) is 0 Å². The molecule has 0 atom stereocenters. The van der Waals surface area contributed by atoms with E-state index in [0.717, 1.165) is 21.2 Å². The van der Waals surface area contributed by atoms with Crippen LogP contribution in [0.3, 0.4) is 0 Å². The largest absolute Gasteiger partial charge is 0.383 e. The van der Waals surface area contributed by atoms with Gasteiger partial charge in [-0.05, 0) is 53.2 Å². The van der Waals surface area contributed by atoms with Gasteiger partial charge in [0.1, 0.15) is 5.69 Å². The third-order valence-electron chi connectivity index (χ3n) is 3.53. The maximum atomic E-state index is 13.0. The number of nitrogens with zero attached hydrogens (tertiary/aromatic N) is 4. The van der Waals surface area contributed by atoms with Crippen molar-refractivity contribution in [1.29, 1.82) is 0 Å². The summed E-state index contributed by atoms with van der Waals surface area (Å²) >= 11 is 3.41. The fourth-order valence-corrected chi connectivity index (χ4v) is 2.76. The van der Waals surface area contributed by atoms with Crippen LogP contribution in [0.1, 0.15) is 21.9 Å². The van der Waals surface area contributed by atoms with E-state index >= 15 is 0 Å². The number of aryl methyl sites for hydroxylation is 1. The van der Waals surface area contributed by atoms with Crippen molar-refractivity contribution in [3.8, 4) is 0 Å². The van der Waals surface area contributed by atoms with Crippen LogP contribution in [0.2, 0.25) is 0 Å². The molecule has 0 unspecified atom stereocenters. The molecule has 25 heavy (non-hydrogen) atoms. The Bertz CT molecular complexity index is 982. The number of aromatic nitrogens is 3. The summed E-state index contributed by atoms with van der Waals surface area (Å²) < 4.78 is 0.842. The number of carbonyl (C=O) groups is 1. The lowest BCUT2D eigenvalue weighted by Gasteiger charge is -2.12. The number of allylic oxidation sites excluding steroid dienone is 1. The molecule has 3 aromatic heterocycles. The Kier molecular flexibility index (Phi) is 4.90. The second-order valence-corrected chi connectivity index (χ2v) is 6.80. The molecule has 0 amide bonds. The second-order valence-electron chi connectivity index (χ2n) is 5.89. The van der Waals surface area contributed by atoms with Crippen molar-refractivity contribution >= 4 is 38.3 Å². The van der Waals surface area contributed by atoms with Gasteiger partial charge in [-0.3, -0.25) is 9.78 Å². The Morgan fingerprint density at radius 3 is 2.60 bits per heavy atom. The molecule has 0 aromatic carbocycles. The molecular formula is C19H17BrN4O. The van der Waals surface area contributed by atoms with Crippen LogP contribution in [-0.2, 0) is 0 Å². The predicted molar refractivity (Wildman–Crippen MR) is 102 cm³/mol. The lowest BCUT2D eigenvalue weighted by molar-refractivity contribution is 0.105. The first-order valence-corrected chi connectivity index (χ1v) is 8.52. The zero-order valence-electron chi connectivity index (χ0n) is 14.2. The monoisotopic (exact) mass is 396 g/mol. The molecule has 126 valence electrons. The van der Waals surface area contributed by atoms with E-state index in [1.807, 2.05) is 56.3 Å². The molecule has 0 N–H and O–H groups in total. The van der Waals surface area contributed by atoms with Gasteiger partial charge >= 0.3 is 0 Å². The third-order valence-corrected chi connectivity index (χ3v) is 3.97. The zero-order valence-corrected chi connectivity index (χ0v) is 15.8. The molecule has 3 aromatic rings. The maximum absolute atomic E-state index is 13.0. The van der Waals surface area contributed by atoms with Gasteiger partial charge in [-0.2, -0.15) is 0 Å². The Labute approximate surface area is 154 Å². The lowest BCUT2D eigenvalue weighted by Crippen LogP contribution is -2.12. The average Bonchev–Trinajstić information content (AvgIpc) is 2.58. The SMILES string of the molecule is Cc1cccc(C(=O)/C(=C/N(C)C)c2ccc3ncc(Br)cc3n2)n1. The van der Waals surface area contributed by atoms with Gasteiger partial charge in [0.15, 0.2) is 0 Å². The number of hydrogen-bond acceptors (Lipinski definition) is 5. The van der Waals surface area contributed by atoms with Crippen LogP contribution in [0, 0.1) is 6.92 Å². The molecule has 6 heteroatoms. The predicted octanol–water partition coefficient (Wildman–Crippen LogP) is 3.88. The van der Waals surface area contributed by atoms with Crippen LogP contribution in [0.25, 0.3) is 16.6 Å². The highest BCUT2D eigenvalue weighted by molar-refractivity contribution is 9.10. The minimum Gasteiger partial charge on any atom is -0.383 e. The van der Waals surface area contributed by atoms with E-state index in [1.54, 1.807) is 18.5 Å². The van der Waals surface area contributed by atoms with E-state index in [1.165, 1.54) is 0 Å². The van der Waals surface area contributed by atoms with E-state index in [0.29, 0.717) is 17.0 Å². The number of Topliss-reactive ketones (excluding diaryl/α,β-unsaturated/α-hetero) is 1. The van der Waals surface area contributed by atoms with Crippen LogP contribution < -0.4 is 0 Å². The van der Waals surface area contributed by atoms with Gasteiger partial charge in [0.05, 0.1) is 22.3 Å². The van der Waals surface area contributed by atoms with Crippen molar-refractivity contribution in [3.05, 3.63) is 70.3 Å². The van der Waals surface area contributed by atoms with E-state index in [-0.39, 0.29) is 5.78 Å². The molecule has 0 spiro atoms. The topological polar surface area (TPSA) is 59.0 Å². The van der Waals surface area contributed by atoms with Gasteiger partial charge in [0.2, 0.25) is 5.78 Å². The maximum Gasteiger partial charge on any atom is 0.214 e. The average molecular weight is 397 g/mol. The Balaban J connectivity index is 2.12. The van der Waals surface area contributed by atoms with Gasteiger partial charge in [-0.25, -0.2) is 9.97 Å². The Morgan fingerprint density at radius 2 is 1.88 bits per heavy atom. The summed E-state index contributed by atoms with van der Waals surface area (Å²) in [6.45, 7) is 1.86. The van der Waals surface area contributed by atoms with Crippen LogP contribution in [-0.4, -0.2) is 39.7 Å². The van der Waals surface area contributed by atoms with Crippen LogP contribution >= 0.6 is 15.9 Å². The fraction of sp³-hybridized carbons (Fsp3) is 0.158. The Morgan fingerprint density at radius 1 is 1.08 bits per heavy atom. The summed E-state index contributed by atoms with van der Waals surface area (Å²) in [6.07, 6.45) is 3.49. The lowest BCUT2D eigenvalue weighted by atomic mass is 10.0. The number of carbonyl (C=O) groups excluding carboxylic acids is 1. The summed E-state index contributed by atoms with van der Waals surface area (Å²) in [5.41, 5.74) is 3.79. The van der Waals surface area contributed by atoms with Gasteiger partial charge in [0.25, 0.3) is 0 Å². The quantitative estimate of drug-likeness (QED) is 0.494. The van der Waals surface area contributed by atoms with Crippen molar-refractivity contribution < 1.29 is 4.79 Å². The molecule has 3 heterocycles. The van der Waals surface area contributed by atoms with E-state index in [2.05, 4.69) is 30.9 Å². The van der Waals surface area contributed by atoms with Crippen LogP contribution in [0.5, 0.6) is 0 Å². The number of hydrogen-bond donors (Lipinski definition) is 0. The van der Waals surface area contributed by atoms with Gasteiger partial charge in [-0.1, -0.05) is 6.07 Å². The number of halogens is 1. The summed E-state index contributed by atoms with van der Waals surface area (Å²) in [5.74, 6) is -0.160. The first-order chi connectivity index (χ1) is 11.9. The molecule has 3 rings (SSSR count). The highest BCUT2D eigenvalue weighted by Gasteiger charge is 2.18. The molecule has 0 radical (unpaired) electrons. The fourth-order valence-electron chi connectivity index (χ4n) is 2.44. The molecule has 0 bridgehead atoms. The molecule has 0 saturated carbocycles. The number of rotatable bonds is 4. The van der Waals surface area contributed by atoms with Gasteiger partial charge < -0.3 is 4.90 Å². The van der Waals surface area contributed by atoms with Crippen molar-refractivity contribution in [1.82, 2.24) is 19.9 Å². The standard InChI is InChI=1S/C19H17BrN4O/c1-12-5-4-6-17(22-12)19(25)14(11-24(2)3)15-7-8-16-18(23-15)9-13(20)10-21-16/h4-11H,1-3H3/b14-11+. The van der Waals surface area contributed by atoms with E-state index in [4.69, 9.17) is 0 Å². The normalized spacial score (nSPS) is 11.6. The van der Waals surface area contributed by atoms with Gasteiger partial charge in [-0.15, -0.1) is 0 Å². The number of pyridine rings is 3. The van der Waals surface area contributed by atoms with Crippen molar-refractivity contribution in [3.63, 3.8) is 0 Å². The summed E-state index contributed by atoms with van der Waals surface area (Å²) in [6, 6.07) is 11.0. The molecule has 0 saturated heterocycles. The zero-order chi connectivity index (χ0) is 18.0. The Hall–Kier alpha value is -2.60. The number of fused-ring (bicyclic) bond motifs is 1. The first kappa shape index (κ1) is 17.2. The smallest absolute Gasteiger partial charge is 0.214 e. The highest BCUT2D eigenvalue weighted by atomic mass is 79.9. The molecular weight excluding hydrogens is 380 g/mol. The molecule has 0 aliphatic carbocycles. The summed E-state index contributed by atoms with van der Waals surface area (Å²) in [7, 11) is 3.74. The molecule has 0 fully saturated rings. The first-order valence-electron chi connectivity index (χ1n) is 7.73.